The van der Waals surface area contributed by atoms with Crippen LogP contribution in [-0.2, 0) is 5.60 Å². The number of aliphatic hydroxyl groups is 1. The molecule has 0 bridgehead atoms. The molecule has 1 unspecified atom stereocenters. The molecule has 0 fully saturated rings. The van der Waals surface area contributed by atoms with Crippen molar-refractivity contribution in [1.29, 1.82) is 0 Å². The van der Waals surface area contributed by atoms with E-state index in [9.17, 15) is 14.3 Å². The third-order valence-corrected chi connectivity index (χ3v) is 3.56. The van der Waals surface area contributed by atoms with Crippen LogP contribution in [0.15, 0.2) is 59.3 Å². The number of halogens is 1. The van der Waals surface area contributed by atoms with Crippen LogP contribution in [0, 0.1) is 5.82 Å². The monoisotopic (exact) mass is 329 g/mol. The van der Waals surface area contributed by atoms with Gasteiger partial charge in [-0.05, 0) is 49.4 Å². The summed E-state index contributed by atoms with van der Waals surface area (Å²) in [4.78, 5) is 12.2. The van der Waals surface area contributed by atoms with Crippen LogP contribution in [0.25, 0.3) is 5.69 Å². The maximum Gasteiger partial charge on any atom is 0.271 e. The van der Waals surface area contributed by atoms with E-state index in [2.05, 4.69) is 10.4 Å². The van der Waals surface area contributed by atoms with Gasteiger partial charge in [0.15, 0.2) is 5.69 Å². The molecule has 0 spiro atoms. The number of furan rings is 1. The number of nitrogens with zero attached hydrogens (tertiary/aromatic N) is 2. The fraction of sp³-hybridized carbons (Fsp3) is 0.176. The minimum absolute atomic E-state index is 0.0250. The molecule has 6 nitrogen and oxygen atoms in total. The fourth-order valence-corrected chi connectivity index (χ4v) is 2.20. The van der Waals surface area contributed by atoms with Crippen LogP contribution in [-0.4, -0.2) is 27.3 Å². The number of aromatic nitrogens is 2. The maximum absolute atomic E-state index is 12.9. The summed E-state index contributed by atoms with van der Waals surface area (Å²) in [5, 5.41) is 17.1. The summed E-state index contributed by atoms with van der Waals surface area (Å²) < 4.78 is 19.6. The summed E-state index contributed by atoms with van der Waals surface area (Å²) in [5.74, 6) is -0.411. The van der Waals surface area contributed by atoms with Crippen LogP contribution in [0.3, 0.4) is 0 Å². The lowest BCUT2D eigenvalue weighted by Gasteiger charge is -2.20. The Morgan fingerprint density at radius 3 is 2.75 bits per heavy atom. The van der Waals surface area contributed by atoms with Gasteiger partial charge in [0, 0.05) is 6.20 Å². The second-order valence-electron chi connectivity index (χ2n) is 5.56. The standard InChI is InChI=1S/C17H16FN3O3/c1-17(23,15-3-2-10-24-15)11-19-16(22)14-8-9-21(20-14)13-6-4-12(18)5-7-13/h2-10,23H,11H2,1H3,(H,19,22). The van der Waals surface area contributed by atoms with E-state index in [1.165, 1.54) is 23.1 Å². The van der Waals surface area contributed by atoms with Gasteiger partial charge in [0.2, 0.25) is 0 Å². The second kappa shape index (κ2) is 6.29. The van der Waals surface area contributed by atoms with Crippen molar-refractivity contribution >= 4 is 5.91 Å². The number of carbonyl (C=O) groups is 1. The molecule has 124 valence electrons. The third-order valence-electron chi connectivity index (χ3n) is 3.56. The number of benzene rings is 1. The molecular weight excluding hydrogens is 313 g/mol. The van der Waals surface area contributed by atoms with Crippen molar-refractivity contribution in [2.24, 2.45) is 0 Å². The zero-order valence-electron chi connectivity index (χ0n) is 12.9. The Balaban J connectivity index is 1.67. The van der Waals surface area contributed by atoms with Gasteiger partial charge in [-0.1, -0.05) is 0 Å². The highest BCUT2D eigenvalue weighted by molar-refractivity contribution is 5.92. The minimum atomic E-state index is -1.32. The summed E-state index contributed by atoms with van der Waals surface area (Å²) in [6, 6.07) is 10.6. The van der Waals surface area contributed by atoms with E-state index < -0.39 is 11.5 Å². The van der Waals surface area contributed by atoms with E-state index in [-0.39, 0.29) is 18.1 Å². The summed E-state index contributed by atoms with van der Waals surface area (Å²) >= 11 is 0. The number of hydrogen-bond acceptors (Lipinski definition) is 4. The molecule has 3 rings (SSSR count). The maximum atomic E-state index is 12.9. The molecule has 1 aromatic carbocycles. The Kier molecular flexibility index (Phi) is 4.18. The fourth-order valence-electron chi connectivity index (χ4n) is 2.20. The lowest BCUT2D eigenvalue weighted by molar-refractivity contribution is 0.0329. The number of amides is 1. The van der Waals surface area contributed by atoms with Crippen molar-refractivity contribution in [2.45, 2.75) is 12.5 Å². The first-order valence-electron chi connectivity index (χ1n) is 7.32. The number of nitrogens with one attached hydrogen (secondary N) is 1. The number of hydrogen-bond donors (Lipinski definition) is 2. The molecule has 1 amide bonds. The zero-order chi connectivity index (χ0) is 17.2. The first kappa shape index (κ1) is 15.9. The van der Waals surface area contributed by atoms with Gasteiger partial charge in [0.25, 0.3) is 5.91 Å². The molecule has 0 saturated heterocycles. The Morgan fingerprint density at radius 2 is 2.08 bits per heavy atom. The summed E-state index contributed by atoms with van der Waals surface area (Å²) in [6.07, 6.45) is 3.06. The van der Waals surface area contributed by atoms with Gasteiger partial charge < -0.3 is 14.8 Å². The summed E-state index contributed by atoms with van der Waals surface area (Å²) in [6.45, 7) is 1.52. The summed E-state index contributed by atoms with van der Waals surface area (Å²) in [5.41, 5.74) is -0.494. The lowest BCUT2D eigenvalue weighted by atomic mass is 10.0. The lowest BCUT2D eigenvalue weighted by Crippen LogP contribution is -2.38. The van der Waals surface area contributed by atoms with Gasteiger partial charge in [-0.25, -0.2) is 9.07 Å². The van der Waals surface area contributed by atoms with Gasteiger partial charge in [-0.2, -0.15) is 5.10 Å². The Hall–Kier alpha value is -2.93. The van der Waals surface area contributed by atoms with Crippen LogP contribution in [0.1, 0.15) is 23.2 Å². The van der Waals surface area contributed by atoms with Crippen LogP contribution in [0.4, 0.5) is 4.39 Å². The van der Waals surface area contributed by atoms with Crippen molar-refractivity contribution in [1.82, 2.24) is 15.1 Å². The molecule has 24 heavy (non-hydrogen) atoms. The highest BCUT2D eigenvalue weighted by atomic mass is 19.1. The predicted molar refractivity (Wildman–Crippen MR) is 84.1 cm³/mol. The predicted octanol–water partition coefficient (Wildman–Crippen LogP) is 2.24. The van der Waals surface area contributed by atoms with Gasteiger partial charge in [0.05, 0.1) is 18.5 Å². The Bertz CT molecular complexity index is 823. The van der Waals surface area contributed by atoms with Gasteiger partial charge in [-0.15, -0.1) is 0 Å². The molecule has 3 aromatic rings. The topological polar surface area (TPSA) is 80.3 Å². The highest BCUT2D eigenvalue weighted by Gasteiger charge is 2.27. The molecule has 2 heterocycles. The minimum Gasteiger partial charge on any atom is -0.466 e. The van der Waals surface area contributed by atoms with Crippen LogP contribution in [0.5, 0.6) is 0 Å². The van der Waals surface area contributed by atoms with E-state index in [0.29, 0.717) is 11.4 Å². The molecule has 0 radical (unpaired) electrons. The van der Waals surface area contributed by atoms with E-state index >= 15 is 0 Å². The molecule has 0 aliphatic heterocycles. The molecule has 2 N–H and O–H groups in total. The first-order valence-corrected chi connectivity index (χ1v) is 7.32. The normalized spacial score (nSPS) is 13.5. The van der Waals surface area contributed by atoms with Crippen molar-refractivity contribution in [3.8, 4) is 5.69 Å². The molecule has 0 saturated carbocycles. The molecule has 7 heteroatoms. The van der Waals surface area contributed by atoms with Gasteiger partial charge in [0.1, 0.15) is 17.2 Å². The van der Waals surface area contributed by atoms with E-state index in [0.717, 1.165) is 0 Å². The first-order chi connectivity index (χ1) is 11.5. The Morgan fingerprint density at radius 1 is 1.33 bits per heavy atom. The van der Waals surface area contributed by atoms with E-state index in [4.69, 9.17) is 4.42 Å². The SMILES string of the molecule is CC(O)(CNC(=O)c1ccn(-c2ccc(F)cc2)n1)c1ccco1. The average molecular weight is 329 g/mol. The quantitative estimate of drug-likeness (QED) is 0.752. The summed E-state index contributed by atoms with van der Waals surface area (Å²) in [7, 11) is 0. The van der Waals surface area contributed by atoms with Crippen molar-refractivity contribution in [2.75, 3.05) is 6.54 Å². The van der Waals surface area contributed by atoms with Crippen molar-refractivity contribution in [3.05, 3.63) is 72.2 Å². The van der Waals surface area contributed by atoms with Crippen LogP contribution < -0.4 is 5.32 Å². The van der Waals surface area contributed by atoms with Crippen LogP contribution in [0.2, 0.25) is 0 Å². The highest BCUT2D eigenvalue weighted by Crippen LogP contribution is 2.19. The Labute approximate surface area is 137 Å². The molecular formula is C17H16FN3O3. The van der Waals surface area contributed by atoms with Gasteiger partial charge in [-0.3, -0.25) is 4.79 Å². The largest absolute Gasteiger partial charge is 0.466 e. The number of rotatable bonds is 5. The average Bonchev–Trinajstić information content (AvgIpc) is 3.25. The molecule has 0 aliphatic carbocycles. The molecule has 1 atom stereocenters. The molecule has 2 aromatic heterocycles. The van der Waals surface area contributed by atoms with Crippen LogP contribution >= 0.6 is 0 Å². The van der Waals surface area contributed by atoms with E-state index in [1.54, 1.807) is 43.5 Å². The van der Waals surface area contributed by atoms with E-state index in [1.807, 2.05) is 0 Å². The van der Waals surface area contributed by atoms with Crippen molar-refractivity contribution < 1.29 is 18.7 Å². The van der Waals surface area contributed by atoms with Gasteiger partial charge >= 0.3 is 0 Å². The smallest absolute Gasteiger partial charge is 0.271 e. The second-order valence-corrected chi connectivity index (χ2v) is 5.56. The number of carbonyl (C=O) groups excluding carboxylic acids is 1. The third kappa shape index (κ3) is 3.36. The zero-order valence-corrected chi connectivity index (χ0v) is 12.9. The molecule has 0 aliphatic rings. The van der Waals surface area contributed by atoms with Crippen molar-refractivity contribution in [3.63, 3.8) is 0 Å².